The third-order valence-electron chi connectivity index (χ3n) is 2.88. The average Bonchev–Trinajstić information content (AvgIpc) is 2.28. The fourth-order valence-corrected chi connectivity index (χ4v) is 1.74. The van der Waals surface area contributed by atoms with E-state index in [9.17, 15) is 0 Å². The van der Waals surface area contributed by atoms with Crippen molar-refractivity contribution in [3.8, 4) is 0 Å². The van der Waals surface area contributed by atoms with E-state index in [4.69, 9.17) is 15.2 Å². The number of rotatable bonds is 7. The highest BCUT2D eigenvalue weighted by Crippen LogP contribution is 2.04. The van der Waals surface area contributed by atoms with Gasteiger partial charge < -0.3 is 15.2 Å². The summed E-state index contributed by atoms with van der Waals surface area (Å²) in [6.07, 6.45) is 1.36. The Bertz CT molecular complexity index is 176. The molecule has 1 aliphatic heterocycles. The molecule has 0 aromatic carbocycles. The molecule has 0 aliphatic carbocycles. The maximum atomic E-state index is 5.60. The van der Waals surface area contributed by atoms with E-state index in [1.807, 2.05) is 0 Å². The Morgan fingerprint density at radius 3 is 2.94 bits per heavy atom. The monoisotopic (exact) mass is 230 g/mol. The molecule has 0 aromatic heterocycles. The summed E-state index contributed by atoms with van der Waals surface area (Å²) in [7, 11) is 0. The lowest BCUT2D eigenvalue weighted by molar-refractivity contribution is -0.0316. The maximum Gasteiger partial charge on any atom is 0.0824 e. The number of nitrogens with two attached hydrogens (primary N) is 1. The third-order valence-corrected chi connectivity index (χ3v) is 2.88. The van der Waals surface area contributed by atoms with Crippen molar-refractivity contribution in [2.24, 2.45) is 11.7 Å². The van der Waals surface area contributed by atoms with Gasteiger partial charge in [-0.15, -0.1) is 0 Å². The van der Waals surface area contributed by atoms with Gasteiger partial charge in [0.2, 0.25) is 0 Å². The second-order valence-corrected chi connectivity index (χ2v) is 4.82. The zero-order valence-corrected chi connectivity index (χ0v) is 10.7. The molecule has 1 unspecified atom stereocenters. The van der Waals surface area contributed by atoms with Crippen LogP contribution in [0.2, 0.25) is 0 Å². The van der Waals surface area contributed by atoms with Crippen LogP contribution in [0.1, 0.15) is 20.3 Å². The van der Waals surface area contributed by atoms with Gasteiger partial charge in [0.15, 0.2) is 0 Å². The first-order valence-electron chi connectivity index (χ1n) is 6.34. The SMILES string of the molecule is CC(C)CCOCCN1CCOC(CN)C1. The molecule has 4 nitrogen and oxygen atoms in total. The molecule has 0 aromatic rings. The van der Waals surface area contributed by atoms with Crippen LogP contribution in [0.4, 0.5) is 0 Å². The van der Waals surface area contributed by atoms with Crippen LogP contribution in [0.25, 0.3) is 0 Å². The van der Waals surface area contributed by atoms with E-state index < -0.39 is 0 Å². The van der Waals surface area contributed by atoms with Gasteiger partial charge in [-0.25, -0.2) is 0 Å². The van der Waals surface area contributed by atoms with E-state index in [1.165, 1.54) is 0 Å². The van der Waals surface area contributed by atoms with Crippen molar-refractivity contribution in [3.63, 3.8) is 0 Å². The summed E-state index contributed by atoms with van der Waals surface area (Å²) in [5.74, 6) is 0.727. The maximum absolute atomic E-state index is 5.60. The van der Waals surface area contributed by atoms with Crippen molar-refractivity contribution in [2.75, 3.05) is 46.0 Å². The minimum absolute atomic E-state index is 0.212. The molecule has 1 atom stereocenters. The van der Waals surface area contributed by atoms with Crippen LogP contribution in [0, 0.1) is 5.92 Å². The molecule has 96 valence electrons. The van der Waals surface area contributed by atoms with Crippen molar-refractivity contribution in [1.82, 2.24) is 4.90 Å². The first-order chi connectivity index (χ1) is 7.72. The van der Waals surface area contributed by atoms with Gasteiger partial charge in [0.1, 0.15) is 0 Å². The van der Waals surface area contributed by atoms with E-state index in [1.54, 1.807) is 0 Å². The highest BCUT2D eigenvalue weighted by Gasteiger charge is 2.18. The minimum atomic E-state index is 0.212. The van der Waals surface area contributed by atoms with Gasteiger partial charge in [-0.1, -0.05) is 13.8 Å². The average molecular weight is 230 g/mol. The molecule has 1 saturated heterocycles. The van der Waals surface area contributed by atoms with Crippen molar-refractivity contribution < 1.29 is 9.47 Å². The summed E-state index contributed by atoms with van der Waals surface area (Å²) in [4.78, 5) is 2.37. The van der Waals surface area contributed by atoms with Crippen molar-refractivity contribution in [3.05, 3.63) is 0 Å². The molecule has 1 fully saturated rings. The Hall–Kier alpha value is -0.160. The molecule has 0 radical (unpaired) electrons. The van der Waals surface area contributed by atoms with E-state index >= 15 is 0 Å². The van der Waals surface area contributed by atoms with Crippen LogP contribution in [0.3, 0.4) is 0 Å². The highest BCUT2D eigenvalue weighted by atomic mass is 16.5. The molecule has 0 amide bonds. The Balaban J connectivity index is 1.99. The molecule has 2 N–H and O–H groups in total. The van der Waals surface area contributed by atoms with E-state index in [-0.39, 0.29) is 6.10 Å². The van der Waals surface area contributed by atoms with Crippen LogP contribution < -0.4 is 5.73 Å². The largest absolute Gasteiger partial charge is 0.380 e. The summed E-state index contributed by atoms with van der Waals surface area (Å²) in [6, 6.07) is 0. The van der Waals surface area contributed by atoms with Gasteiger partial charge in [0.05, 0.1) is 19.3 Å². The van der Waals surface area contributed by atoms with Crippen molar-refractivity contribution in [2.45, 2.75) is 26.4 Å². The predicted octanol–water partition coefficient (Wildman–Crippen LogP) is 0.709. The Morgan fingerprint density at radius 2 is 2.25 bits per heavy atom. The Labute approximate surface area is 99.1 Å². The van der Waals surface area contributed by atoms with Gasteiger partial charge in [0.25, 0.3) is 0 Å². The lowest BCUT2D eigenvalue weighted by atomic mass is 10.1. The predicted molar refractivity (Wildman–Crippen MR) is 65.5 cm³/mol. The molecule has 0 bridgehead atoms. The topological polar surface area (TPSA) is 47.7 Å². The normalized spacial score (nSPS) is 22.9. The number of morpholine rings is 1. The third kappa shape index (κ3) is 5.80. The zero-order valence-electron chi connectivity index (χ0n) is 10.7. The fraction of sp³-hybridized carbons (Fsp3) is 1.00. The summed E-state index contributed by atoms with van der Waals surface area (Å²) in [5.41, 5.74) is 5.59. The Morgan fingerprint density at radius 1 is 1.44 bits per heavy atom. The van der Waals surface area contributed by atoms with Gasteiger partial charge in [-0.2, -0.15) is 0 Å². The molecule has 4 heteroatoms. The smallest absolute Gasteiger partial charge is 0.0824 e. The quantitative estimate of drug-likeness (QED) is 0.654. The molecular formula is C12H26N2O2. The van der Waals surface area contributed by atoms with E-state index in [0.717, 1.165) is 51.8 Å². The van der Waals surface area contributed by atoms with Crippen LogP contribution in [0.5, 0.6) is 0 Å². The molecule has 0 spiro atoms. The molecule has 1 rings (SSSR count). The highest BCUT2D eigenvalue weighted by molar-refractivity contribution is 4.71. The first kappa shape index (κ1) is 13.9. The van der Waals surface area contributed by atoms with E-state index in [2.05, 4.69) is 18.7 Å². The molecule has 16 heavy (non-hydrogen) atoms. The Kier molecular flexibility index (Phi) is 6.96. The summed E-state index contributed by atoms with van der Waals surface area (Å²) >= 11 is 0. The summed E-state index contributed by atoms with van der Waals surface area (Å²) in [6.45, 7) is 10.5. The van der Waals surface area contributed by atoms with Crippen LogP contribution in [-0.2, 0) is 9.47 Å². The summed E-state index contributed by atoms with van der Waals surface area (Å²) < 4.78 is 11.1. The second kappa shape index (κ2) is 8.01. The van der Waals surface area contributed by atoms with Gasteiger partial charge >= 0.3 is 0 Å². The van der Waals surface area contributed by atoms with Crippen molar-refractivity contribution in [1.29, 1.82) is 0 Å². The lowest BCUT2D eigenvalue weighted by Gasteiger charge is -2.32. The number of hydrogen-bond donors (Lipinski definition) is 1. The molecule has 1 aliphatic rings. The minimum Gasteiger partial charge on any atom is -0.380 e. The number of hydrogen-bond acceptors (Lipinski definition) is 4. The molecule has 1 heterocycles. The van der Waals surface area contributed by atoms with Crippen LogP contribution >= 0.6 is 0 Å². The number of ether oxygens (including phenoxy) is 2. The molecular weight excluding hydrogens is 204 g/mol. The van der Waals surface area contributed by atoms with Gasteiger partial charge in [0, 0.05) is 32.8 Å². The van der Waals surface area contributed by atoms with E-state index in [0.29, 0.717) is 6.54 Å². The van der Waals surface area contributed by atoms with Crippen LogP contribution in [-0.4, -0.2) is 57.0 Å². The second-order valence-electron chi connectivity index (χ2n) is 4.82. The number of nitrogens with zero attached hydrogens (tertiary/aromatic N) is 1. The van der Waals surface area contributed by atoms with Gasteiger partial charge in [-0.05, 0) is 12.3 Å². The van der Waals surface area contributed by atoms with Crippen molar-refractivity contribution >= 4 is 0 Å². The first-order valence-corrected chi connectivity index (χ1v) is 6.34. The molecule has 0 saturated carbocycles. The van der Waals surface area contributed by atoms with Gasteiger partial charge in [-0.3, -0.25) is 4.90 Å². The summed E-state index contributed by atoms with van der Waals surface area (Å²) in [5, 5.41) is 0. The van der Waals surface area contributed by atoms with Crippen LogP contribution in [0.15, 0.2) is 0 Å². The fourth-order valence-electron chi connectivity index (χ4n) is 1.74. The zero-order chi connectivity index (χ0) is 11.8. The lowest BCUT2D eigenvalue weighted by Crippen LogP contribution is -2.46. The standard InChI is InChI=1S/C12H26N2O2/c1-11(2)3-6-15-7-4-14-5-8-16-12(9-13)10-14/h11-12H,3-10,13H2,1-2H3.